The Kier molecular flexibility index (Phi) is 9.14. The summed E-state index contributed by atoms with van der Waals surface area (Å²) >= 11 is 0. The van der Waals surface area contributed by atoms with Crippen molar-refractivity contribution in [3.63, 3.8) is 0 Å². The van der Waals surface area contributed by atoms with Crippen LogP contribution in [0.4, 0.5) is 0 Å². The van der Waals surface area contributed by atoms with Crippen LogP contribution < -0.4 is 18.9 Å². The molecule has 6 nitrogen and oxygen atoms in total. The van der Waals surface area contributed by atoms with E-state index in [-0.39, 0.29) is 0 Å². The summed E-state index contributed by atoms with van der Waals surface area (Å²) in [6.07, 6.45) is 0. The summed E-state index contributed by atoms with van der Waals surface area (Å²) in [7, 11) is 3.31. The quantitative estimate of drug-likeness (QED) is 0.0861. The van der Waals surface area contributed by atoms with Gasteiger partial charge in [0.15, 0.2) is 0 Å². The largest absolute Gasteiger partial charge is 0.496 e. The number of carbonyl (C=O) groups is 2. The molecule has 0 aromatic heterocycles. The molecule has 0 radical (unpaired) electrons. The molecule has 0 heterocycles. The van der Waals surface area contributed by atoms with Crippen LogP contribution >= 0.6 is 0 Å². The van der Waals surface area contributed by atoms with Gasteiger partial charge in [-0.1, -0.05) is 158 Å². The van der Waals surface area contributed by atoms with Crippen LogP contribution in [0.15, 0.2) is 194 Å². The number of carbonyl (C=O) groups excluding carboxylic acids is 2. The zero-order chi connectivity index (χ0) is 44.5. The van der Waals surface area contributed by atoms with E-state index in [4.69, 9.17) is 18.9 Å². The van der Waals surface area contributed by atoms with E-state index in [1.165, 1.54) is 0 Å². The van der Waals surface area contributed by atoms with Gasteiger partial charge in [0.05, 0.1) is 25.3 Å². The third-order valence-corrected chi connectivity index (χ3v) is 13.0. The standard InChI is InChI=1S/C60H38O6/c1-63-49-31-23-35-11-3-7-15-41(35)55(49)57-43-17-9-5-13-37(43)25-33-51(57)65-59(61)47-29-21-39-20-28-46-48(30-22-40-19-27-45(47)53(39)54(40)46)60(62)66-52-34-26-38-14-6-10-18-44(38)58(52)56-42-16-8-4-12-36(42)24-32-50(56)64-2/h3-34H,1-2H3. The van der Waals surface area contributed by atoms with Crippen LogP contribution in [0, 0.1) is 0 Å². The smallest absolute Gasteiger partial charge is 0.344 e. The average Bonchev–Trinajstić information content (AvgIpc) is 3.37. The van der Waals surface area contributed by atoms with Crippen LogP contribution in [0.25, 0.3) is 97.7 Å². The van der Waals surface area contributed by atoms with Crippen LogP contribution in [0.5, 0.6) is 23.0 Å². The summed E-state index contributed by atoms with van der Waals surface area (Å²) in [6, 6.07) is 63.5. The van der Waals surface area contributed by atoms with E-state index in [1.807, 2.05) is 158 Å². The molecular formula is C60H38O6. The first kappa shape index (κ1) is 38.9. The Balaban J connectivity index is 0.974. The van der Waals surface area contributed by atoms with Gasteiger partial charge in [0.1, 0.15) is 23.0 Å². The molecule has 0 N–H and O–H groups in total. The summed E-state index contributed by atoms with van der Waals surface area (Å²) in [5.41, 5.74) is 4.03. The topological polar surface area (TPSA) is 71.1 Å². The number of rotatable bonds is 8. The lowest BCUT2D eigenvalue weighted by atomic mass is 9.90. The molecule has 12 aromatic carbocycles. The molecule has 0 aliphatic rings. The summed E-state index contributed by atoms with van der Waals surface area (Å²) in [5, 5.41) is 12.9. The molecule has 6 heteroatoms. The SMILES string of the molecule is COc1ccc2ccccc2c1-c1c(OC(=O)c2ccc3ccc4c(C(=O)Oc5ccc6ccccc6c5-c5c(OC)ccc6ccccc56)ccc5ccc2c3c54)ccc2ccccc12. The van der Waals surface area contributed by atoms with Crippen molar-refractivity contribution in [1.82, 2.24) is 0 Å². The van der Waals surface area contributed by atoms with Gasteiger partial charge < -0.3 is 18.9 Å². The lowest BCUT2D eigenvalue weighted by Gasteiger charge is -2.19. The highest BCUT2D eigenvalue weighted by Gasteiger charge is 2.26. The normalized spacial score (nSPS) is 11.6. The monoisotopic (exact) mass is 854 g/mol. The van der Waals surface area contributed by atoms with Crippen molar-refractivity contribution >= 4 is 87.3 Å². The number of fused-ring (bicyclic) bond motifs is 4. The van der Waals surface area contributed by atoms with E-state index in [0.717, 1.165) is 86.9 Å². The molecule has 0 atom stereocenters. The van der Waals surface area contributed by atoms with Crippen LogP contribution in [0.1, 0.15) is 20.7 Å². The van der Waals surface area contributed by atoms with Crippen molar-refractivity contribution in [3.8, 4) is 45.3 Å². The Bertz CT molecular complexity index is 3700. The highest BCUT2D eigenvalue weighted by atomic mass is 16.5. The minimum Gasteiger partial charge on any atom is -0.496 e. The van der Waals surface area contributed by atoms with Crippen molar-refractivity contribution in [3.05, 3.63) is 205 Å². The van der Waals surface area contributed by atoms with Gasteiger partial charge in [-0.2, -0.15) is 0 Å². The van der Waals surface area contributed by atoms with Gasteiger partial charge in [0.2, 0.25) is 0 Å². The number of esters is 2. The van der Waals surface area contributed by atoms with Crippen molar-refractivity contribution < 1.29 is 28.5 Å². The molecule has 0 amide bonds. The maximum Gasteiger partial charge on any atom is 0.344 e. The third kappa shape index (κ3) is 6.10. The molecule has 12 rings (SSSR count). The molecule has 0 aliphatic heterocycles. The molecule has 0 unspecified atom stereocenters. The zero-order valence-corrected chi connectivity index (χ0v) is 35.9. The number of benzene rings is 12. The van der Waals surface area contributed by atoms with E-state index < -0.39 is 11.9 Å². The minimum absolute atomic E-state index is 0.402. The van der Waals surface area contributed by atoms with Crippen molar-refractivity contribution in [2.75, 3.05) is 14.2 Å². The first-order valence-corrected chi connectivity index (χ1v) is 21.8. The fourth-order valence-electron chi connectivity index (χ4n) is 10.0. The highest BCUT2D eigenvalue weighted by molar-refractivity contribution is 6.29. The molecule has 0 aliphatic carbocycles. The van der Waals surface area contributed by atoms with Gasteiger partial charge in [-0.3, -0.25) is 0 Å². The Morgan fingerprint density at radius 2 is 0.576 bits per heavy atom. The Morgan fingerprint density at radius 3 is 0.924 bits per heavy atom. The second-order valence-corrected chi connectivity index (χ2v) is 16.5. The second-order valence-electron chi connectivity index (χ2n) is 16.5. The summed E-state index contributed by atoms with van der Waals surface area (Å²) < 4.78 is 25.0. The predicted molar refractivity (Wildman–Crippen MR) is 267 cm³/mol. The average molecular weight is 855 g/mol. The van der Waals surface area contributed by atoms with Gasteiger partial charge in [-0.05, 0) is 112 Å². The molecule has 66 heavy (non-hydrogen) atoms. The van der Waals surface area contributed by atoms with E-state index >= 15 is 0 Å². The van der Waals surface area contributed by atoms with E-state index in [0.29, 0.717) is 44.9 Å². The van der Waals surface area contributed by atoms with Crippen LogP contribution in [0.2, 0.25) is 0 Å². The maximum absolute atomic E-state index is 14.7. The van der Waals surface area contributed by atoms with Crippen molar-refractivity contribution in [1.29, 1.82) is 0 Å². The fourth-order valence-corrected chi connectivity index (χ4v) is 10.0. The number of hydrogen-bond donors (Lipinski definition) is 0. The minimum atomic E-state index is -0.504. The van der Waals surface area contributed by atoms with E-state index in [9.17, 15) is 9.59 Å². The van der Waals surface area contributed by atoms with Gasteiger partial charge in [-0.15, -0.1) is 0 Å². The van der Waals surface area contributed by atoms with Gasteiger partial charge in [-0.25, -0.2) is 9.59 Å². The lowest BCUT2D eigenvalue weighted by Crippen LogP contribution is -2.11. The maximum atomic E-state index is 14.7. The van der Waals surface area contributed by atoms with Crippen LogP contribution in [-0.4, -0.2) is 26.2 Å². The number of methoxy groups -OCH3 is 2. The Labute approximate surface area is 379 Å². The summed E-state index contributed by atoms with van der Waals surface area (Å²) in [4.78, 5) is 29.4. The summed E-state index contributed by atoms with van der Waals surface area (Å²) in [5.74, 6) is 1.16. The van der Waals surface area contributed by atoms with Crippen LogP contribution in [0.3, 0.4) is 0 Å². The number of hydrogen-bond acceptors (Lipinski definition) is 6. The molecule has 0 saturated heterocycles. The molecule has 0 spiro atoms. The van der Waals surface area contributed by atoms with E-state index in [1.54, 1.807) is 14.2 Å². The van der Waals surface area contributed by atoms with Crippen LogP contribution in [-0.2, 0) is 0 Å². The van der Waals surface area contributed by atoms with Gasteiger partial charge >= 0.3 is 11.9 Å². The highest BCUT2D eigenvalue weighted by Crippen LogP contribution is 2.48. The molecular weight excluding hydrogens is 817 g/mol. The molecule has 0 saturated carbocycles. The molecule has 0 bridgehead atoms. The lowest BCUT2D eigenvalue weighted by molar-refractivity contribution is 0.0728. The fraction of sp³-hybridized carbons (Fsp3) is 0.0333. The molecule has 0 fully saturated rings. The first-order chi connectivity index (χ1) is 32.5. The zero-order valence-electron chi connectivity index (χ0n) is 35.9. The first-order valence-electron chi connectivity index (χ1n) is 21.8. The molecule has 314 valence electrons. The summed E-state index contributed by atoms with van der Waals surface area (Å²) in [6.45, 7) is 0. The predicted octanol–water partition coefficient (Wildman–Crippen LogP) is 15.0. The number of ether oxygens (including phenoxy) is 4. The third-order valence-electron chi connectivity index (χ3n) is 13.0. The Morgan fingerprint density at radius 1 is 0.288 bits per heavy atom. The second kappa shape index (κ2) is 15.5. The molecule has 12 aromatic rings. The van der Waals surface area contributed by atoms with Gasteiger partial charge in [0.25, 0.3) is 0 Å². The Hall–Kier alpha value is -8.74. The van der Waals surface area contributed by atoms with E-state index in [2.05, 4.69) is 36.4 Å². The van der Waals surface area contributed by atoms with Gasteiger partial charge in [0, 0.05) is 22.3 Å². The van der Waals surface area contributed by atoms with Crippen molar-refractivity contribution in [2.24, 2.45) is 0 Å². The van der Waals surface area contributed by atoms with Crippen molar-refractivity contribution in [2.45, 2.75) is 0 Å².